The quantitative estimate of drug-likeness (QED) is 0.734. The Kier molecular flexibility index (Phi) is 4.27. The molecule has 1 aliphatic carbocycles. The molecule has 0 atom stereocenters. The molecule has 1 N–H and O–H groups in total. The zero-order valence-corrected chi connectivity index (χ0v) is 15.8. The first-order chi connectivity index (χ1) is 14.1. The number of phenols is 1. The highest BCUT2D eigenvalue weighted by atomic mass is 19.1. The summed E-state index contributed by atoms with van der Waals surface area (Å²) < 4.78 is 13.2. The van der Waals surface area contributed by atoms with Gasteiger partial charge >= 0.3 is 0 Å². The van der Waals surface area contributed by atoms with Gasteiger partial charge in [-0.2, -0.15) is 0 Å². The van der Waals surface area contributed by atoms with E-state index in [4.69, 9.17) is 9.97 Å². The van der Waals surface area contributed by atoms with Gasteiger partial charge in [0.1, 0.15) is 17.4 Å². The SMILES string of the molecule is O=C(c1ccc(F)cc1)N1CCc2nc(C3CC3)nc(-c3ccc(O)cc3)c2C1. The molecule has 2 heterocycles. The van der Waals surface area contributed by atoms with Crippen molar-refractivity contribution < 1.29 is 14.3 Å². The number of phenolic OH excluding ortho intramolecular Hbond substituents is 1. The van der Waals surface area contributed by atoms with Crippen LogP contribution in [0.5, 0.6) is 5.75 Å². The van der Waals surface area contributed by atoms with Crippen LogP contribution in [0.15, 0.2) is 48.5 Å². The number of amides is 1. The van der Waals surface area contributed by atoms with Gasteiger partial charge in [-0.1, -0.05) is 0 Å². The minimum atomic E-state index is -0.360. The topological polar surface area (TPSA) is 66.3 Å². The molecule has 0 radical (unpaired) electrons. The maximum atomic E-state index is 13.2. The second kappa shape index (κ2) is 6.95. The summed E-state index contributed by atoms with van der Waals surface area (Å²) in [6.45, 7) is 0.978. The fourth-order valence-electron chi connectivity index (χ4n) is 3.76. The van der Waals surface area contributed by atoms with Crippen molar-refractivity contribution in [3.63, 3.8) is 0 Å². The third kappa shape index (κ3) is 3.46. The summed E-state index contributed by atoms with van der Waals surface area (Å²) in [6.07, 6.45) is 2.89. The Labute approximate surface area is 167 Å². The highest BCUT2D eigenvalue weighted by Gasteiger charge is 2.31. The standard InChI is InChI=1S/C23H20FN3O2/c24-17-7-3-16(4-8-17)23(29)27-12-11-20-19(13-27)21(14-5-9-18(28)10-6-14)26-22(25-20)15-1-2-15/h3-10,15,28H,1-2,11-13H2. The number of aromatic hydroxyl groups is 1. The van der Waals surface area contributed by atoms with Crippen molar-refractivity contribution in [1.29, 1.82) is 0 Å². The van der Waals surface area contributed by atoms with Crippen LogP contribution in [0.25, 0.3) is 11.3 Å². The summed E-state index contributed by atoms with van der Waals surface area (Å²) in [5.41, 5.74) is 4.14. The lowest BCUT2D eigenvalue weighted by atomic mass is 9.98. The van der Waals surface area contributed by atoms with Crippen molar-refractivity contribution in [2.75, 3.05) is 6.54 Å². The maximum Gasteiger partial charge on any atom is 0.254 e. The van der Waals surface area contributed by atoms with Crippen LogP contribution < -0.4 is 0 Å². The number of halogens is 1. The Bertz CT molecular complexity index is 1080. The van der Waals surface area contributed by atoms with Crippen LogP contribution in [-0.4, -0.2) is 32.4 Å². The van der Waals surface area contributed by atoms with E-state index in [1.54, 1.807) is 17.0 Å². The van der Waals surface area contributed by atoms with Crippen LogP contribution in [0.4, 0.5) is 4.39 Å². The second-order valence-electron chi connectivity index (χ2n) is 7.66. The first kappa shape index (κ1) is 17.8. The van der Waals surface area contributed by atoms with Gasteiger partial charge in [0.15, 0.2) is 0 Å². The lowest BCUT2D eigenvalue weighted by Crippen LogP contribution is -2.37. The third-order valence-corrected chi connectivity index (χ3v) is 5.54. The van der Waals surface area contributed by atoms with Crippen molar-refractivity contribution in [2.24, 2.45) is 0 Å². The normalized spacial score (nSPS) is 15.8. The molecule has 6 heteroatoms. The Morgan fingerprint density at radius 2 is 1.76 bits per heavy atom. The Hall–Kier alpha value is -3.28. The number of fused-ring (bicyclic) bond motifs is 1. The third-order valence-electron chi connectivity index (χ3n) is 5.54. The van der Waals surface area contributed by atoms with Crippen LogP contribution >= 0.6 is 0 Å². The largest absolute Gasteiger partial charge is 0.508 e. The molecule has 0 spiro atoms. The number of hydrogen-bond donors (Lipinski definition) is 1. The van der Waals surface area contributed by atoms with E-state index < -0.39 is 0 Å². The number of nitrogens with zero attached hydrogens (tertiary/aromatic N) is 3. The molecule has 146 valence electrons. The molecule has 5 rings (SSSR count). The van der Waals surface area contributed by atoms with Gasteiger partial charge in [-0.3, -0.25) is 4.79 Å². The van der Waals surface area contributed by atoms with Gasteiger partial charge in [0.05, 0.1) is 11.4 Å². The number of benzene rings is 2. The molecule has 1 saturated carbocycles. The van der Waals surface area contributed by atoms with E-state index in [0.29, 0.717) is 31.0 Å². The zero-order valence-electron chi connectivity index (χ0n) is 15.8. The van der Waals surface area contributed by atoms with E-state index in [9.17, 15) is 14.3 Å². The van der Waals surface area contributed by atoms with Gasteiger partial charge in [-0.05, 0) is 61.4 Å². The molecule has 2 aromatic carbocycles. The second-order valence-corrected chi connectivity index (χ2v) is 7.66. The zero-order chi connectivity index (χ0) is 20.0. The summed E-state index contributed by atoms with van der Waals surface area (Å²) in [4.78, 5) is 24.3. The lowest BCUT2D eigenvalue weighted by Gasteiger charge is -2.30. The van der Waals surface area contributed by atoms with Crippen molar-refractivity contribution in [1.82, 2.24) is 14.9 Å². The highest BCUT2D eigenvalue weighted by Crippen LogP contribution is 2.40. The van der Waals surface area contributed by atoms with Gasteiger partial charge in [0.2, 0.25) is 0 Å². The first-order valence-electron chi connectivity index (χ1n) is 9.82. The Morgan fingerprint density at radius 1 is 1.03 bits per heavy atom. The summed E-state index contributed by atoms with van der Waals surface area (Å²) in [6, 6.07) is 12.6. The molecule has 0 bridgehead atoms. The molecule has 0 saturated heterocycles. The van der Waals surface area contributed by atoms with E-state index in [-0.39, 0.29) is 17.5 Å². The van der Waals surface area contributed by atoms with Gasteiger partial charge in [0.25, 0.3) is 5.91 Å². The monoisotopic (exact) mass is 389 g/mol. The first-order valence-corrected chi connectivity index (χ1v) is 9.82. The Balaban J connectivity index is 1.52. The number of aromatic nitrogens is 2. The molecule has 0 unspecified atom stereocenters. The number of hydrogen-bond acceptors (Lipinski definition) is 4. The van der Waals surface area contributed by atoms with Crippen molar-refractivity contribution >= 4 is 5.91 Å². The molecular formula is C23H20FN3O2. The molecule has 1 amide bonds. The van der Waals surface area contributed by atoms with E-state index in [2.05, 4.69) is 0 Å². The molecule has 2 aliphatic rings. The van der Waals surface area contributed by atoms with Gasteiger partial charge in [-0.15, -0.1) is 0 Å². The minimum Gasteiger partial charge on any atom is -0.508 e. The van der Waals surface area contributed by atoms with E-state index in [1.165, 1.54) is 24.3 Å². The van der Waals surface area contributed by atoms with E-state index in [0.717, 1.165) is 41.2 Å². The fraction of sp³-hybridized carbons (Fsp3) is 0.261. The predicted octanol–water partition coefficient (Wildman–Crippen LogP) is 4.06. The van der Waals surface area contributed by atoms with Crippen LogP contribution in [-0.2, 0) is 13.0 Å². The van der Waals surface area contributed by atoms with E-state index >= 15 is 0 Å². The number of carbonyl (C=O) groups excluding carboxylic acids is 1. The molecule has 1 aliphatic heterocycles. The number of rotatable bonds is 3. The molecule has 1 fully saturated rings. The maximum absolute atomic E-state index is 13.2. The van der Waals surface area contributed by atoms with Crippen LogP contribution in [0.2, 0.25) is 0 Å². The minimum absolute atomic E-state index is 0.126. The molecule has 5 nitrogen and oxygen atoms in total. The van der Waals surface area contributed by atoms with Crippen molar-refractivity contribution in [2.45, 2.75) is 31.7 Å². The Morgan fingerprint density at radius 3 is 2.45 bits per heavy atom. The smallest absolute Gasteiger partial charge is 0.254 e. The summed E-state index contributed by atoms with van der Waals surface area (Å²) in [7, 11) is 0. The summed E-state index contributed by atoms with van der Waals surface area (Å²) in [5.74, 6) is 1.02. The molecular weight excluding hydrogens is 369 g/mol. The molecule has 3 aromatic rings. The van der Waals surface area contributed by atoms with Gasteiger partial charge in [-0.25, -0.2) is 14.4 Å². The van der Waals surface area contributed by atoms with Crippen molar-refractivity contribution in [3.8, 4) is 17.0 Å². The van der Waals surface area contributed by atoms with Gasteiger partial charge < -0.3 is 10.0 Å². The van der Waals surface area contributed by atoms with Crippen LogP contribution in [0.3, 0.4) is 0 Å². The highest BCUT2D eigenvalue weighted by molar-refractivity contribution is 5.94. The summed E-state index contributed by atoms with van der Waals surface area (Å²) >= 11 is 0. The number of carbonyl (C=O) groups is 1. The fourth-order valence-corrected chi connectivity index (χ4v) is 3.76. The molecule has 1 aromatic heterocycles. The average molecular weight is 389 g/mol. The summed E-state index contributed by atoms with van der Waals surface area (Å²) in [5, 5.41) is 9.64. The lowest BCUT2D eigenvalue weighted by molar-refractivity contribution is 0.0733. The van der Waals surface area contributed by atoms with Crippen LogP contribution in [0, 0.1) is 5.82 Å². The van der Waals surface area contributed by atoms with Crippen LogP contribution in [0.1, 0.15) is 46.2 Å². The average Bonchev–Trinajstić information content (AvgIpc) is 3.59. The predicted molar refractivity (Wildman–Crippen MR) is 106 cm³/mol. The molecule has 29 heavy (non-hydrogen) atoms. The van der Waals surface area contributed by atoms with Gasteiger partial charge in [0, 0.05) is 42.1 Å². The van der Waals surface area contributed by atoms with Crippen molar-refractivity contribution in [3.05, 3.63) is 77.0 Å². The van der Waals surface area contributed by atoms with E-state index in [1.807, 2.05) is 12.1 Å².